The van der Waals surface area contributed by atoms with Crippen LogP contribution in [0.3, 0.4) is 0 Å². The Bertz CT molecular complexity index is 1340. The Morgan fingerprint density at radius 1 is 0.871 bits per heavy atom. The zero-order valence-corrected chi connectivity index (χ0v) is 17.0. The van der Waals surface area contributed by atoms with Crippen molar-refractivity contribution < 1.29 is 22.3 Å². The van der Waals surface area contributed by atoms with Gasteiger partial charge in [0.25, 0.3) is 10.0 Å². The molecule has 0 spiro atoms. The molecule has 156 valence electrons. The molecule has 0 bridgehead atoms. The lowest BCUT2D eigenvalue weighted by molar-refractivity contribution is 0.174. The number of ether oxygens (including phenoxy) is 2. The zero-order valence-electron chi connectivity index (χ0n) is 16.2. The molecule has 1 aromatic heterocycles. The number of hydrogen-bond acceptors (Lipinski definition) is 7. The first kappa shape index (κ1) is 19.1. The van der Waals surface area contributed by atoms with E-state index in [1.54, 1.807) is 42.5 Å². The summed E-state index contributed by atoms with van der Waals surface area (Å²) in [6.07, 6.45) is 0.434. The minimum absolute atomic E-state index is 0.184. The fourth-order valence-electron chi connectivity index (χ4n) is 3.20. The molecule has 0 amide bonds. The van der Waals surface area contributed by atoms with Crippen molar-refractivity contribution in [2.75, 3.05) is 11.5 Å². The number of benzene rings is 3. The van der Waals surface area contributed by atoms with Gasteiger partial charge >= 0.3 is 0 Å². The van der Waals surface area contributed by atoms with Crippen LogP contribution in [0, 0.1) is 0 Å². The maximum atomic E-state index is 12.6. The number of nitrogens with one attached hydrogen (secondary N) is 1. The summed E-state index contributed by atoms with van der Waals surface area (Å²) in [7, 11) is -3.69. The van der Waals surface area contributed by atoms with E-state index in [2.05, 4.69) is 14.9 Å². The molecule has 1 N–H and O–H groups in total. The van der Waals surface area contributed by atoms with Gasteiger partial charge < -0.3 is 13.9 Å². The standard InChI is InChI=1S/C22H17N3O5S/c26-31(27,18-7-2-1-3-8-18)25-17-6-4-5-16(13-17)22-24-23-21(30-22)12-15-9-10-19-20(11-15)29-14-28-19/h1-11,13,25H,12,14H2. The number of sulfonamides is 1. The second-order valence-corrected chi connectivity index (χ2v) is 8.55. The molecule has 0 saturated carbocycles. The Labute approximate surface area is 178 Å². The highest BCUT2D eigenvalue weighted by molar-refractivity contribution is 7.92. The molecule has 0 fully saturated rings. The smallest absolute Gasteiger partial charge is 0.261 e. The summed E-state index contributed by atoms with van der Waals surface area (Å²) in [6, 6.07) is 20.6. The quantitative estimate of drug-likeness (QED) is 0.490. The molecule has 0 unspecified atom stereocenters. The third-order valence-corrected chi connectivity index (χ3v) is 6.07. The van der Waals surface area contributed by atoms with Crippen LogP contribution in [0.1, 0.15) is 11.5 Å². The van der Waals surface area contributed by atoms with Gasteiger partial charge in [0, 0.05) is 11.3 Å². The van der Waals surface area contributed by atoms with Crippen molar-refractivity contribution >= 4 is 15.7 Å². The molecule has 31 heavy (non-hydrogen) atoms. The molecule has 4 aromatic rings. The SMILES string of the molecule is O=S(=O)(Nc1cccc(-c2nnc(Cc3ccc4c(c3)OCO4)o2)c1)c1ccccc1. The second-order valence-electron chi connectivity index (χ2n) is 6.86. The van der Waals surface area contributed by atoms with Gasteiger partial charge in [-0.05, 0) is 48.0 Å². The fraction of sp³-hybridized carbons (Fsp3) is 0.0909. The van der Waals surface area contributed by atoms with E-state index < -0.39 is 10.0 Å². The van der Waals surface area contributed by atoms with E-state index in [-0.39, 0.29) is 11.7 Å². The van der Waals surface area contributed by atoms with Crippen molar-refractivity contribution in [3.05, 3.63) is 84.3 Å². The molecule has 0 radical (unpaired) electrons. The van der Waals surface area contributed by atoms with Crippen molar-refractivity contribution in [1.82, 2.24) is 10.2 Å². The van der Waals surface area contributed by atoms with Crippen LogP contribution in [-0.4, -0.2) is 25.4 Å². The summed E-state index contributed by atoms with van der Waals surface area (Å²) >= 11 is 0. The number of anilines is 1. The van der Waals surface area contributed by atoms with Crippen molar-refractivity contribution in [1.29, 1.82) is 0 Å². The van der Waals surface area contributed by atoms with Crippen molar-refractivity contribution in [3.63, 3.8) is 0 Å². The maximum Gasteiger partial charge on any atom is 0.261 e. The Morgan fingerprint density at radius 2 is 1.71 bits per heavy atom. The molecular weight excluding hydrogens is 418 g/mol. The predicted molar refractivity (Wildman–Crippen MR) is 112 cm³/mol. The molecule has 9 heteroatoms. The van der Waals surface area contributed by atoms with Gasteiger partial charge in [-0.15, -0.1) is 10.2 Å². The zero-order chi connectivity index (χ0) is 21.3. The molecule has 0 saturated heterocycles. The number of nitrogens with zero attached hydrogens (tertiary/aromatic N) is 2. The molecule has 5 rings (SSSR count). The lowest BCUT2D eigenvalue weighted by atomic mass is 10.1. The van der Waals surface area contributed by atoms with Crippen LogP contribution in [0.2, 0.25) is 0 Å². The highest BCUT2D eigenvalue weighted by Gasteiger charge is 2.17. The van der Waals surface area contributed by atoms with Gasteiger partial charge in [-0.25, -0.2) is 8.42 Å². The van der Waals surface area contributed by atoms with Crippen LogP contribution in [0.4, 0.5) is 5.69 Å². The first-order valence-electron chi connectivity index (χ1n) is 9.46. The van der Waals surface area contributed by atoms with Gasteiger partial charge in [0.05, 0.1) is 11.3 Å². The van der Waals surface area contributed by atoms with Gasteiger partial charge in [-0.3, -0.25) is 4.72 Å². The fourth-order valence-corrected chi connectivity index (χ4v) is 4.27. The van der Waals surface area contributed by atoms with Crippen LogP contribution >= 0.6 is 0 Å². The Morgan fingerprint density at radius 3 is 2.58 bits per heavy atom. The minimum atomic E-state index is -3.69. The maximum absolute atomic E-state index is 12.6. The molecule has 0 atom stereocenters. The average Bonchev–Trinajstić information content (AvgIpc) is 3.43. The first-order valence-corrected chi connectivity index (χ1v) is 10.9. The van der Waals surface area contributed by atoms with Gasteiger partial charge in [-0.2, -0.15) is 0 Å². The van der Waals surface area contributed by atoms with E-state index in [1.807, 2.05) is 18.2 Å². The Hall–Kier alpha value is -3.85. The van der Waals surface area contributed by atoms with E-state index in [9.17, 15) is 8.42 Å². The largest absolute Gasteiger partial charge is 0.454 e. The topological polar surface area (TPSA) is 104 Å². The third-order valence-electron chi connectivity index (χ3n) is 4.67. The number of rotatable bonds is 6. The van der Waals surface area contributed by atoms with Gasteiger partial charge in [0.2, 0.25) is 18.6 Å². The van der Waals surface area contributed by atoms with Crippen molar-refractivity contribution in [2.45, 2.75) is 11.3 Å². The number of fused-ring (bicyclic) bond motifs is 1. The average molecular weight is 435 g/mol. The van der Waals surface area contributed by atoms with Gasteiger partial charge in [-0.1, -0.05) is 30.3 Å². The molecule has 2 heterocycles. The lowest BCUT2D eigenvalue weighted by Gasteiger charge is -2.08. The lowest BCUT2D eigenvalue weighted by Crippen LogP contribution is -2.12. The monoisotopic (exact) mass is 435 g/mol. The molecule has 8 nitrogen and oxygen atoms in total. The van der Waals surface area contributed by atoms with Crippen LogP contribution in [-0.2, 0) is 16.4 Å². The first-order chi connectivity index (χ1) is 15.1. The number of aromatic nitrogens is 2. The van der Waals surface area contributed by atoms with Gasteiger partial charge in [0.1, 0.15) is 0 Å². The molecular formula is C22H17N3O5S. The van der Waals surface area contributed by atoms with Crippen LogP contribution in [0.25, 0.3) is 11.5 Å². The van der Waals surface area contributed by atoms with Crippen LogP contribution < -0.4 is 14.2 Å². The summed E-state index contributed by atoms with van der Waals surface area (Å²) in [4.78, 5) is 0.184. The highest BCUT2D eigenvalue weighted by Crippen LogP contribution is 2.33. The Balaban J connectivity index is 1.34. The van der Waals surface area contributed by atoms with Crippen LogP contribution in [0.15, 0.2) is 82.1 Å². The van der Waals surface area contributed by atoms with E-state index in [0.717, 1.165) is 5.56 Å². The molecule has 1 aliphatic rings. The molecule has 1 aliphatic heterocycles. The van der Waals surface area contributed by atoms with Crippen LogP contribution in [0.5, 0.6) is 11.5 Å². The van der Waals surface area contributed by atoms with E-state index in [0.29, 0.717) is 41.0 Å². The Kier molecular flexibility index (Phi) is 4.79. The van der Waals surface area contributed by atoms with Crippen molar-refractivity contribution in [2.24, 2.45) is 0 Å². The highest BCUT2D eigenvalue weighted by atomic mass is 32.2. The summed E-state index contributed by atoms with van der Waals surface area (Å²) in [5.74, 6) is 2.14. The van der Waals surface area contributed by atoms with E-state index in [1.165, 1.54) is 12.1 Å². The second kappa shape index (κ2) is 7.77. The predicted octanol–water partition coefficient (Wildman–Crippen LogP) is 3.86. The van der Waals surface area contributed by atoms with E-state index >= 15 is 0 Å². The summed E-state index contributed by atoms with van der Waals surface area (Å²) in [5.41, 5.74) is 1.96. The normalized spacial score (nSPS) is 12.6. The summed E-state index contributed by atoms with van der Waals surface area (Å²) in [6.45, 7) is 0.216. The van der Waals surface area contributed by atoms with E-state index in [4.69, 9.17) is 13.9 Å². The number of hydrogen-bond donors (Lipinski definition) is 1. The van der Waals surface area contributed by atoms with Gasteiger partial charge in [0.15, 0.2) is 11.5 Å². The molecule has 0 aliphatic carbocycles. The summed E-state index contributed by atoms with van der Waals surface area (Å²) in [5, 5.41) is 8.21. The van der Waals surface area contributed by atoms with Crippen molar-refractivity contribution in [3.8, 4) is 23.0 Å². The third kappa shape index (κ3) is 4.08. The minimum Gasteiger partial charge on any atom is -0.454 e. The molecule has 3 aromatic carbocycles. The summed E-state index contributed by atoms with van der Waals surface area (Å²) < 4.78 is 44.2.